The summed E-state index contributed by atoms with van der Waals surface area (Å²) in [4.78, 5) is 23.9. The first-order chi connectivity index (χ1) is 15.7. The van der Waals surface area contributed by atoms with Gasteiger partial charge in [-0.1, -0.05) is 26.0 Å². The predicted molar refractivity (Wildman–Crippen MR) is 116 cm³/mol. The molecule has 1 heterocycles. The van der Waals surface area contributed by atoms with Gasteiger partial charge in [-0.2, -0.15) is 0 Å². The van der Waals surface area contributed by atoms with E-state index in [1.165, 1.54) is 23.7 Å². The number of hydroxylamine groups is 1. The Labute approximate surface area is 189 Å². The summed E-state index contributed by atoms with van der Waals surface area (Å²) in [6.07, 6.45) is 1.96. The molecule has 1 aliphatic rings. The second-order valence-electron chi connectivity index (χ2n) is 8.09. The number of carbonyl (C=O) groups is 2. The summed E-state index contributed by atoms with van der Waals surface area (Å²) in [6, 6.07) is 8.67. The van der Waals surface area contributed by atoms with Gasteiger partial charge in [0.15, 0.2) is 23.1 Å². The summed E-state index contributed by atoms with van der Waals surface area (Å²) in [5.74, 6) is -0.964. The third-order valence-electron chi connectivity index (χ3n) is 5.16. The van der Waals surface area contributed by atoms with E-state index in [0.717, 1.165) is 6.07 Å². The molecule has 0 aliphatic carbocycles. The van der Waals surface area contributed by atoms with Crippen LogP contribution in [0.1, 0.15) is 38.4 Å². The van der Waals surface area contributed by atoms with Gasteiger partial charge in [-0.05, 0) is 42.7 Å². The molecule has 3 rings (SSSR count). The number of rotatable bonds is 8. The number of ether oxygens (including phenoxy) is 3. The highest BCUT2D eigenvalue weighted by molar-refractivity contribution is 5.86. The van der Waals surface area contributed by atoms with Crippen LogP contribution < -0.4 is 20.3 Å². The average molecular weight is 460 g/mol. The fourth-order valence-electron chi connectivity index (χ4n) is 3.41. The van der Waals surface area contributed by atoms with Crippen molar-refractivity contribution in [3.05, 3.63) is 59.9 Å². The van der Waals surface area contributed by atoms with E-state index in [2.05, 4.69) is 5.32 Å². The molecule has 0 aromatic heterocycles. The number of anilines is 1. The van der Waals surface area contributed by atoms with Crippen molar-refractivity contribution in [2.45, 2.75) is 32.8 Å². The number of aromatic hydroxyl groups is 1. The lowest BCUT2D eigenvalue weighted by molar-refractivity contribution is -0.124. The molecule has 176 valence electrons. The first kappa shape index (κ1) is 23.9. The van der Waals surface area contributed by atoms with Crippen LogP contribution in [0, 0.1) is 11.2 Å². The van der Waals surface area contributed by atoms with Crippen LogP contribution in [-0.2, 0) is 9.53 Å². The molecular weight excluding hydrogens is 435 g/mol. The summed E-state index contributed by atoms with van der Waals surface area (Å²) in [6.45, 7) is 3.76. The summed E-state index contributed by atoms with van der Waals surface area (Å²) in [5, 5.41) is 20.7. The van der Waals surface area contributed by atoms with Gasteiger partial charge in [0, 0.05) is 23.2 Å². The fourth-order valence-corrected chi connectivity index (χ4v) is 3.41. The minimum Gasteiger partial charge on any atom is -0.505 e. The van der Waals surface area contributed by atoms with Gasteiger partial charge in [-0.25, -0.2) is 14.7 Å². The molecule has 1 aliphatic heterocycles. The monoisotopic (exact) mass is 460 g/mol. The van der Waals surface area contributed by atoms with E-state index >= 15 is 0 Å². The number of benzene rings is 2. The molecule has 9 nitrogen and oxygen atoms in total. The molecule has 2 amide bonds. The number of carbonyl (C=O) groups excluding carboxylic acids is 2. The molecule has 10 heteroatoms. The van der Waals surface area contributed by atoms with Crippen LogP contribution in [0.25, 0.3) is 0 Å². The Morgan fingerprint density at radius 3 is 2.70 bits per heavy atom. The maximum atomic E-state index is 14.1. The van der Waals surface area contributed by atoms with E-state index in [1.807, 2.05) is 13.8 Å². The summed E-state index contributed by atoms with van der Waals surface area (Å²) in [5.41, 5.74) is 1.58. The van der Waals surface area contributed by atoms with E-state index in [0.29, 0.717) is 35.6 Å². The Morgan fingerprint density at radius 2 is 1.97 bits per heavy atom. The molecule has 0 bridgehead atoms. The minimum atomic E-state index is -0.887. The maximum Gasteiger partial charge on any atom is 0.412 e. The van der Waals surface area contributed by atoms with Crippen LogP contribution in [-0.4, -0.2) is 29.1 Å². The van der Waals surface area contributed by atoms with Gasteiger partial charge in [0.05, 0.1) is 0 Å². The van der Waals surface area contributed by atoms with Gasteiger partial charge >= 0.3 is 6.09 Å². The molecule has 4 N–H and O–H groups in total. The summed E-state index contributed by atoms with van der Waals surface area (Å²) in [7, 11) is 0. The Bertz CT molecular complexity index is 1060. The molecular formula is C23H25FN2O7. The van der Waals surface area contributed by atoms with Crippen molar-refractivity contribution in [1.82, 2.24) is 5.48 Å². The van der Waals surface area contributed by atoms with Gasteiger partial charge in [-0.15, -0.1) is 0 Å². The molecule has 0 unspecified atom stereocenters. The van der Waals surface area contributed by atoms with Gasteiger partial charge in [-0.3, -0.25) is 15.3 Å². The lowest BCUT2D eigenvalue weighted by Crippen LogP contribution is -2.29. The number of amides is 2. The standard InChI is InChI=1S/C23H25FN2O7/c1-23(2,10-4-3-5-20(28)26-30)21(14-6-8-17(27)16(24)11-14)33-22(29)25-15-7-9-18-19(12-15)32-13-31-18/h3,5-9,11-12,21,27,30H,4,10,13H2,1-2H3,(H,25,29)(H,26,28)/b5-3+/t21-/m1/s1. The van der Waals surface area contributed by atoms with Crippen molar-refractivity contribution in [3.63, 3.8) is 0 Å². The first-order valence-electron chi connectivity index (χ1n) is 10.2. The van der Waals surface area contributed by atoms with E-state index < -0.39 is 35.1 Å². The molecule has 2 aromatic rings. The highest BCUT2D eigenvalue weighted by atomic mass is 19.1. The van der Waals surface area contributed by atoms with Crippen LogP contribution in [0.15, 0.2) is 48.6 Å². The van der Waals surface area contributed by atoms with Crippen molar-refractivity contribution in [2.75, 3.05) is 12.1 Å². The lowest BCUT2D eigenvalue weighted by Gasteiger charge is -2.34. The third kappa shape index (κ3) is 6.13. The van der Waals surface area contributed by atoms with Crippen molar-refractivity contribution in [1.29, 1.82) is 0 Å². The molecule has 0 fully saturated rings. The smallest absolute Gasteiger partial charge is 0.412 e. The van der Waals surface area contributed by atoms with Crippen molar-refractivity contribution in [2.24, 2.45) is 5.41 Å². The van der Waals surface area contributed by atoms with Crippen LogP contribution in [0.3, 0.4) is 0 Å². The topological polar surface area (TPSA) is 126 Å². The van der Waals surface area contributed by atoms with Crippen LogP contribution in [0.5, 0.6) is 17.2 Å². The number of allylic oxidation sites excluding steroid dienone is 1. The third-order valence-corrected chi connectivity index (χ3v) is 5.16. The number of fused-ring (bicyclic) bond motifs is 1. The number of hydrogen-bond donors (Lipinski definition) is 4. The highest BCUT2D eigenvalue weighted by Crippen LogP contribution is 2.42. The van der Waals surface area contributed by atoms with Crippen LogP contribution >= 0.6 is 0 Å². The molecule has 0 spiro atoms. The number of phenols is 1. The van der Waals surface area contributed by atoms with Gasteiger partial charge < -0.3 is 19.3 Å². The zero-order chi connectivity index (χ0) is 24.0. The Balaban J connectivity index is 1.77. The second kappa shape index (κ2) is 10.2. The zero-order valence-electron chi connectivity index (χ0n) is 18.1. The largest absolute Gasteiger partial charge is 0.505 e. The number of halogens is 1. The Morgan fingerprint density at radius 1 is 1.21 bits per heavy atom. The highest BCUT2D eigenvalue weighted by Gasteiger charge is 2.34. The molecule has 2 aromatic carbocycles. The molecule has 33 heavy (non-hydrogen) atoms. The predicted octanol–water partition coefficient (Wildman–Crippen LogP) is 4.42. The Hall–Kier alpha value is -3.79. The number of nitrogens with one attached hydrogen (secondary N) is 2. The molecule has 0 radical (unpaired) electrons. The van der Waals surface area contributed by atoms with E-state index in [9.17, 15) is 19.1 Å². The zero-order valence-corrected chi connectivity index (χ0v) is 18.1. The first-order valence-corrected chi connectivity index (χ1v) is 10.2. The van der Waals surface area contributed by atoms with Gasteiger partial charge in [0.25, 0.3) is 5.91 Å². The molecule has 0 saturated carbocycles. The normalized spacial score (nSPS) is 13.6. The van der Waals surface area contributed by atoms with E-state index in [4.69, 9.17) is 19.4 Å². The van der Waals surface area contributed by atoms with E-state index in [-0.39, 0.29) is 6.79 Å². The van der Waals surface area contributed by atoms with Gasteiger partial charge in [0.2, 0.25) is 6.79 Å². The number of hydrogen-bond acceptors (Lipinski definition) is 7. The maximum absolute atomic E-state index is 14.1. The van der Waals surface area contributed by atoms with Crippen molar-refractivity contribution < 1.29 is 38.5 Å². The summed E-state index contributed by atoms with van der Waals surface area (Å²) < 4.78 is 30.3. The minimum absolute atomic E-state index is 0.0975. The average Bonchev–Trinajstić information content (AvgIpc) is 3.24. The molecule has 1 atom stereocenters. The number of phenolic OH excluding ortho intramolecular Hbond substituents is 1. The SMILES string of the molecule is CC(C)(CC/C=C/C(=O)NO)[C@H](OC(=O)Nc1ccc2c(c1)OCO2)c1ccc(O)c(F)c1. The lowest BCUT2D eigenvalue weighted by atomic mass is 9.78. The van der Waals surface area contributed by atoms with Gasteiger partial charge in [0.1, 0.15) is 6.10 Å². The fraction of sp³-hybridized carbons (Fsp3) is 0.304. The van der Waals surface area contributed by atoms with E-state index in [1.54, 1.807) is 24.3 Å². The van der Waals surface area contributed by atoms with Crippen LogP contribution in [0.4, 0.5) is 14.9 Å². The van der Waals surface area contributed by atoms with Crippen molar-refractivity contribution in [3.8, 4) is 17.2 Å². The van der Waals surface area contributed by atoms with Crippen LogP contribution in [0.2, 0.25) is 0 Å². The Kier molecular flexibility index (Phi) is 7.39. The van der Waals surface area contributed by atoms with Crippen molar-refractivity contribution >= 4 is 17.7 Å². The molecule has 0 saturated heterocycles. The quantitative estimate of drug-likeness (QED) is 0.261. The second-order valence-corrected chi connectivity index (χ2v) is 8.09. The summed E-state index contributed by atoms with van der Waals surface area (Å²) >= 11 is 0.